The van der Waals surface area contributed by atoms with Crippen molar-refractivity contribution in [1.82, 2.24) is 10.2 Å². The van der Waals surface area contributed by atoms with Crippen LogP contribution in [0.4, 0.5) is 5.69 Å². The maximum Gasteiger partial charge on any atom is 0.255 e. The van der Waals surface area contributed by atoms with Crippen molar-refractivity contribution < 1.29 is 4.79 Å². The zero-order valence-corrected chi connectivity index (χ0v) is 15.2. The molecule has 1 saturated heterocycles. The third-order valence-corrected chi connectivity index (χ3v) is 6.63. The number of rotatable bonds is 2. The summed E-state index contributed by atoms with van der Waals surface area (Å²) >= 11 is 0. The van der Waals surface area contributed by atoms with Crippen LogP contribution in [0.15, 0.2) is 54.6 Å². The smallest absolute Gasteiger partial charge is 0.255 e. The molecule has 2 aliphatic heterocycles. The number of amides is 1. The van der Waals surface area contributed by atoms with Gasteiger partial charge in [0, 0.05) is 38.5 Å². The highest BCUT2D eigenvalue weighted by Crippen LogP contribution is 2.53. The number of para-hydroxylation sites is 1. The highest BCUT2D eigenvalue weighted by molar-refractivity contribution is 6.02. The fourth-order valence-electron chi connectivity index (χ4n) is 4.93. The SMILES string of the molecule is CN1c2ccccc2C(=O)NC12CCN(Cc1ccccc1)C1(CC1)C2. The quantitative estimate of drug-likeness (QED) is 0.904. The van der Waals surface area contributed by atoms with Crippen molar-refractivity contribution in [3.8, 4) is 0 Å². The van der Waals surface area contributed by atoms with E-state index in [-0.39, 0.29) is 17.1 Å². The van der Waals surface area contributed by atoms with Gasteiger partial charge in [-0.2, -0.15) is 0 Å². The summed E-state index contributed by atoms with van der Waals surface area (Å²) in [5.74, 6) is 0.0750. The van der Waals surface area contributed by atoms with Crippen LogP contribution >= 0.6 is 0 Å². The summed E-state index contributed by atoms with van der Waals surface area (Å²) in [7, 11) is 2.14. The highest BCUT2D eigenvalue weighted by atomic mass is 16.2. The molecule has 0 aromatic heterocycles. The first-order valence-electron chi connectivity index (χ1n) is 9.56. The first-order chi connectivity index (χ1) is 12.6. The molecule has 2 spiro atoms. The Morgan fingerprint density at radius 1 is 1.00 bits per heavy atom. The van der Waals surface area contributed by atoms with E-state index < -0.39 is 0 Å². The number of likely N-dealkylation sites (tertiary alicyclic amines) is 1. The summed E-state index contributed by atoms with van der Waals surface area (Å²) in [5, 5.41) is 3.38. The minimum absolute atomic E-state index is 0.0750. The molecular weight excluding hydrogens is 322 g/mol. The lowest BCUT2D eigenvalue weighted by molar-refractivity contribution is 0.0457. The lowest BCUT2D eigenvalue weighted by Gasteiger charge is -2.54. The van der Waals surface area contributed by atoms with Gasteiger partial charge in [-0.3, -0.25) is 9.69 Å². The molecule has 134 valence electrons. The molecule has 3 aliphatic rings. The second-order valence-electron chi connectivity index (χ2n) is 8.12. The van der Waals surface area contributed by atoms with E-state index >= 15 is 0 Å². The predicted molar refractivity (Wildman–Crippen MR) is 103 cm³/mol. The number of carbonyl (C=O) groups is 1. The average Bonchev–Trinajstić information content (AvgIpc) is 3.43. The van der Waals surface area contributed by atoms with E-state index in [1.54, 1.807) is 0 Å². The molecule has 2 aromatic rings. The zero-order chi connectivity index (χ0) is 17.8. The Bertz CT molecular complexity index is 845. The molecule has 1 amide bonds. The van der Waals surface area contributed by atoms with Crippen molar-refractivity contribution in [2.75, 3.05) is 18.5 Å². The number of piperidine rings is 1. The highest BCUT2D eigenvalue weighted by Gasteiger charge is 2.58. The Kier molecular flexibility index (Phi) is 3.41. The van der Waals surface area contributed by atoms with Gasteiger partial charge in [0.15, 0.2) is 0 Å². The third-order valence-electron chi connectivity index (χ3n) is 6.63. The molecule has 0 radical (unpaired) electrons. The molecule has 4 heteroatoms. The molecule has 1 N–H and O–H groups in total. The Hall–Kier alpha value is -2.33. The van der Waals surface area contributed by atoms with Crippen molar-refractivity contribution in [3.05, 3.63) is 65.7 Å². The first-order valence-corrected chi connectivity index (χ1v) is 9.56. The normalized spacial score (nSPS) is 26.7. The van der Waals surface area contributed by atoms with Gasteiger partial charge in [0.2, 0.25) is 0 Å². The molecule has 2 fully saturated rings. The van der Waals surface area contributed by atoms with Crippen molar-refractivity contribution >= 4 is 11.6 Å². The zero-order valence-electron chi connectivity index (χ0n) is 15.2. The fraction of sp³-hybridized carbons (Fsp3) is 0.409. The number of fused-ring (bicyclic) bond motifs is 1. The summed E-state index contributed by atoms with van der Waals surface area (Å²) in [6.45, 7) is 2.02. The molecule has 2 heterocycles. The predicted octanol–water partition coefficient (Wildman–Crippen LogP) is 3.39. The largest absolute Gasteiger partial charge is 0.351 e. The second-order valence-corrected chi connectivity index (χ2v) is 8.12. The van der Waals surface area contributed by atoms with Crippen LogP contribution in [0, 0.1) is 0 Å². The van der Waals surface area contributed by atoms with E-state index in [0.717, 1.165) is 37.2 Å². The Labute approximate surface area is 154 Å². The number of nitrogens with one attached hydrogen (secondary N) is 1. The Balaban J connectivity index is 1.43. The van der Waals surface area contributed by atoms with Gasteiger partial charge >= 0.3 is 0 Å². The monoisotopic (exact) mass is 347 g/mol. The molecule has 1 atom stereocenters. The number of carbonyl (C=O) groups excluding carboxylic acids is 1. The van der Waals surface area contributed by atoms with E-state index in [2.05, 4.69) is 58.6 Å². The average molecular weight is 347 g/mol. The van der Waals surface area contributed by atoms with Crippen LogP contribution in [0.5, 0.6) is 0 Å². The fourth-order valence-corrected chi connectivity index (χ4v) is 4.93. The first kappa shape index (κ1) is 15.9. The number of anilines is 1. The van der Waals surface area contributed by atoms with Gasteiger partial charge in [0.25, 0.3) is 5.91 Å². The van der Waals surface area contributed by atoms with Crippen LogP contribution in [0.25, 0.3) is 0 Å². The molecular formula is C22H25N3O. The molecule has 1 saturated carbocycles. The van der Waals surface area contributed by atoms with E-state index in [4.69, 9.17) is 0 Å². The van der Waals surface area contributed by atoms with Crippen molar-refractivity contribution in [2.45, 2.75) is 43.4 Å². The topological polar surface area (TPSA) is 35.6 Å². The summed E-state index contributed by atoms with van der Waals surface area (Å²) in [6, 6.07) is 18.7. The summed E-state index contributed by atoms with van der Waals surface area (Å²) in [5.41, 5.74) is 3.21. The van der Waals surface area contributed by atoms with Gasteiger partial charge in [0.05, 0.1) is 11.3 Å². The van der Waals surface area contributed by atoms with Gasteiger partial charge in [-0.25, -0.2) is 0 Å². The molecule has 0 bridgehead atoms. The van der Waals surface area contributed by atoms with Crippen LogP contribution in [-0.2, 0) is 6.54 Å². The molecule has 2 aromatic carbocycles. The van der Waals surface area contributed by atoms with Crippen LogP contribution in [-0.4, -0.2) is 35.6 Å². The maximum atomic E-state index is 12.8. The Morgan fingerprint density at radius 3 is 2.50 bits per heavy atom. The van der Waals surface area contributed by atoms with E-state index in [1.807, 2.05) is 18.2 Å². The lowest BCUT2D eigenvalue weighted by atomic mass is 9.84. The van der Waals surface area contributed by atoms with Crippen LogP contribution in [0.1, 0.15) is 41.6 Å². The lowest BCUT2D eigenvalue weighted by Crippen LogP contribution is -2.69. The molecule has 1 unspecified atom stereocenters. The summed E-state index contributed by atoms with van der Waals surface area (Å²) < 4.78 is 0. The summed E-state index contributed by atoms with van der Waals surface area (Å²) in [6.07, 6.45) is 4.42. The van der Waals surface area contributed by atoms with Crippen LogP contribution < -0.4 is 10.2 Å². The van der Waals surface area contributed by atoms with E-state index in [0.29, 0.717) is 0 Å². The van der Waals surface area contributed by atoms with Crippen molar-refractivity contribution in [1.29, 1.82) is 0 Å². The third kappa shape index (κ3) is 2.36. The minimum atomic E-state index is -0.255. The number of nitrogens with zero attached hydrogens (tertiary/aromatic N) is 2. The number of benzene rings is 2. The van der Waals surface area contributed by atoms with Gasteiger partial charge in [-0.05, 0) is 30.5 Å². The van der Waals surface area contributed by atoms with E-state index in [1.165, 1.54) is 18.4 Å². The number of hydrogen-bond donors (Lipinski definition) is 1. The molecule has 4 nitrogen and oxygen atoms in total. The summed E-state index contributed by atoms with van der Waals surface area (Å²) in [4.78, 5) is 17.7. The van der Waals surface area contributed by atoms with Gasteiger partial charge in [0.1, 0.15) is 5.66 Å². The Morgan fingerprint density at radius 2 is 1.73 bits per heavy atom. The number of hydrogen-bond acceptors (Lipinski definition) is 3. The minimum Gasteiger partial charge on any atom is -0.351 e. The molecule has 5 rings (SSSR count). The molecule has 1 aliphatic carbocycles. The van der Waals surface area contributed by atoms with Gasteiger partial charge in [-0.1, -0.05) is 42.5 Å². The second kappa shape index (κ2) is 5.58. The van der Waals surface area contributed by atoms with Crippen molar-refractivity contribution in [2.24, 2.45) is 0 Å². The van der Waals surface area contributed by atoms with Crippen LogP contribution in [0.3, 0.4) is 0 Å². The maximum absolute atomic E-state index is 12.8. The van der Waals surface area contributed by atoms with Crippen LogP contribution in [0.2, 0.25) is 0 Å². The van der Waals surface area contributed by atoms with Gasteiger partial charge < -0.3 is 10.2 Å². The van der Waals surface area contributed by atoms with Crippen molar-refractivity contribution in [3.63, 3.8) is 0 Å². The van der Waals surface area contributed by atoms with Gasteiger partial charge in [-0.15, -0.1) is 0 Å². The standard InChI is InChI=1S/C22H25N3O/c1-24-19-10-6-5-9-18(19)20(26)23-22(24)13-14-25(21(16-22)11-12-21)15-17-7-3-2-4-8-17/h2-10H,11-16H2,1H3,(H,23,26). The van der Waals surface area contributed by atoms with E-state index in [9.17, 15) is 4.79 Å². The molecule has 26 heavy (non-hydrogen) atoms.